The number of aliphatic hydroxyl groups is 1. The van der Waals surface area contributed by atoms with Crippen LogP contribution in [0.4, 0.5) is 5.82 Å². The summed E-state index contributed by atoms with van der Waals surface area (Å²) in [6, 6.07) is 6.12. The number of fused-ring (bicyclic) bond motifs is 1. The molecule has 0 saturated carbocycles. The number of aromatic nitrogens is 2. The second kappa shape index (κ2) is 5.21. The average molecular weight is 300 g/mol. The van der Waals surface area contributed by atoms with Gasteiger partial charge in [-0.15, -0.1) is 0 Å². The van der Waals surface area contributed by atoms with E-state index in [1.165, 1.54) is 11.9 Å². The van der Waals surface area contributed by atoms with Crippen LogP contribution in [0.1, 0.15) is 31.7 Å². The van der Waals surface area contributed by atoms with Crippen LogP contribution >= 0.6 is 0 Å². The number of hydrogen-bond donors (Lipinski definition) is 2. The minimum atomic E-state index is -1.48. The van der Waals surface area contributed by atoms with Crippen LogP contribution in [-0.4, -0.2) is 39.7 Å². The monoisotopic (exact) mass is 300 g/mol. The average Bonchev–Trinajstić information content (AvgIpc) is 2.90. The van der Waals surface area contributed by atoms with E-state index in [-0.39, 0.29) is 6.54 Å². The van der Waals surface area contributed by atoms with Crippen molar-refractivity contribution < 1.29 is 9.90 Å². The van der Waals surface area contributed by atoms with Crippen LogP contribution in [0, 0.1) is 0 Å². The van der Waals surface area contributed by atoms with Gasteiger partial charge in [-0.05, 0) is 23.6 Å². The largest absolute Gasteiger partial charge is 0.378 e. The van der Waals surface area contributed by atoms with Crippen molar-refractivity contribution in [3.63, 3.8) is 0 Å². The van der Waals surface area contributed by atoms with Crippen LogP contribution in [0.15, 0.2) is 24.5 Å². The minimum Gasteiger partial charge on any atom is -0.378 e. The normalized spacial score (nSPS) is 21.7. The number of β-amino-alcohol motifs (C(OH)–C–C–N with tert-alkyl or cyclic N) is 1. The van der Waals surface area contributed by atoms with Gasteiger partial charge in [0.2, 0.25) is 0 Å². The second-order valence-corrected chi connectivity index (χ2v) is 6.20. The summed E-state index contributed by atoms with van der Waals surface area (Å²) in [6.07, 6.45) is 1.83. The quantitative estimate of drug-likeness (QED) is 0.888. The Bertz CT molecular complexity index is 731. The Morgan fingerprint density at radius 3 is 2.82 bits per heavy atom. The standard InChI is InChI=1S/C16H20N4O2/c1-10(2)11-3-4-13-12(7-11)14(19-9-18-13)20-6-5-16(22,8-20)15(17)21/h3-4,7,9-10,22H,5-6,8H2,1-2H3,(H2,17,21). The summed E-state index contributed by atoms with van der Waals surface area (Å²) in [5.41, 5.74) is 5.87. The molecule has 2 aromatic rings. The highest BCUT2D eigenvalue weighted by Crippen LogP contribution is 2.31. The molecule has 1 fully saturated rings. The number of hydrogen-bond acceptors (Lipinski definition) is 5. The molecule has 1 aliphatic heterocycles. The van der Waals surface area contributed by atoms with E-state index in [1.807, 2.05) is 11.0 Å². The molecule has 1 aromatic heterocycles. The summed E-state index contributed by atoms with van der Waals surface area (Å²) >= 11 is 0. The highest BCUT2D eigenvalue weighted by molar-refractivity contribution is 5.91. The van der Waals surface area contributed by atoms with E-state index in [1.54, 1.807) is 0 Å². The third-order valence-electron chi connectivity index (χ3n) is 4.31. The van der Waals surface area contributed by atoms with Gasteiger partial charge in [-0.1, -0.05) is 19.9 Å². The molecule has 1 amide bonds. The van der Waals surface area contributed by atoms with Gasteiger partial charge in [-0.2, -0.15) is 0 Å². The van der Waals surface area contributed by atoms with Gasteiger partial charge in [-0.3, -0.25) is 4.79 Å². The number of primary amides is 1. The lowest BCUT2D eigenvalue weighted by Crippen LogP contribution is -2.46. The lowest BCUT2D eigenvalue weighted by molar-refractivity contribution is -0.134. The summed E-state index contributed by atoms with van der Waals surface area (Å²) < 4.78 is 0. The zero-order chi connectivity index (χ0) is 15.9. The Morgan fingerprint density at radius 1 is 1.41 bits per heavy atom. The van der Waals surface area contributed by atoms with Crippen LogP contribution in [0.3, 0.4) is 0 Å². The maximum absolute atomic E-state index is 11.4. The summed E-state index contributed by atoms with van der Waals surface area (Å²) in [7, 11) is 0. The summed E-state index contributed by atoms with van der Waals surface area (Å²) in [5, 5.41) is 11.2. The van der Waals surface area contributed by atoms with Crippen LogP contribution in [0.5, 0.6) is 0 Å². The van der Waals surface area contributed by atoms with Crippen molar-refractivity contribution >= 4 is 22.6 Å². The summed E-state index contributed by atoms with van der Waals surface area (Å²) in [4.78, 5) is 22.0. The van der Waals surface area contributed by atoms with Gasteiger partial charge >= 0.3 is 0 Å². The maximum Gasteiger partial charge on any atom is 0.251 e. The predicted molar refractivity (Wildman–Crippen MR) is 84.6 cm³/mol. The Kier molecular flexibility index (Phi) is 3.48. The fraction of sp³-hybridized carbons (Fsp3) is 0.438. The summed E-state index contributed by atoms with van der Waals surface area (Å²) in [5.74, 6) is 0.458. The van der Waals surface area contributed by atoms with Crippen LogP contribution in [0.2, 0.25) is 0 Å². The Morgan fingerprint density at radius 2 is 2.18 bits per heavy atom. The molecule has 1 atom stereocenters. The molecule has 3 N–H and O–H groups in total. The topological polar surface area (TPSA) is 92.3 Å². The fourth-order valence-corrected chi connectivity index (χ4v) is 2.85. The number of nitrogens with zero attached hydrogens (tertiary/aromatic N) is 3. The van der Waals surface area contributed by atoms with Crippen molar-refractivity contribution in [1.29, 1.82) is 0 Å². The molecule has 1 saturated heterocycles. The van der Waals surface area contributed by atoms with E-state index >= 15 is 0 Å². The van der Waals surface area contributed by atoms with Crippen molar-refractivity contribution in [2.24, 2.45) is 5.73 Å². The number of anilines is 1. The molecular formula is C16H20N4O2. The number of carbonyl (C=O) groups excluding carboxylic acids is 1. The van der Waals surface area contributed by atoms with Gasteiger partial charge in [0.25, 0.3) is 5.91 Å². The fourth-order valence-electron chi connectivity index (χ4n) is 2.85. The van der Waals surface area contributed by atoms with E-state index in [9.17, 15) is 9.90 Å². The molecule has 116 valence electrons. The van der Waals surface area contributed by atoms with E-state index in [0.29, 0.717) is 18.9 Å². The van der Waals surface area contributed by atoms with Crippen molar-refractivity contribution in [3.05, 3.63) is 30.1 Å². The third-order valence-corrected chi connectivity index (χ3v) is 4.31. The first-order chi connectivity index (χ1) is 10.4. The lowest BCUT2D eigenvalue weighted by Gasteiger charge is -2.22. The summed E-state index contributed by atoms with van der Waals surface area (Å²) in [6.45, 7) is 4.97. The Hall–Kier alpha value is -2.21. The van der Waals surface area contributed by atoms with Crippen LogP contribution in [-0.2, 0) is 4.79 Å². The molecule has 1 aromatic carbocycles. The Labute approximate surface area is 129 Å². The second-order valence-electron chi connectivity index (χ2n) is 6.20. The van der Waals surface area contributed by atoms with Gasteiger partial charge in [-0.25, -0.2) is 9.97 Å². The molecule has 22 heavy (non-hydrogen) atoms. The van der Waals surface area contributed by atoms with Gasteiger partial charge in [0, 0.05) is 18.4 Å². The minimum absolute atomic E-state index is 0.167. The van der Waals surface area contributed by atoms with Gasteiger partial charge in [0.1, 0.15) is 12.1 Å². The number of benzene rings is 1. The SMILES string of the molecule is CC(C)c1ccc2ncnc(N3CCC(O)(C(N)=O)C3)c2c1. The van der Waals surface area contributed by atoms with Crippen LogP contribution < -0.4 is 10.6 Å². The van der Waals surface area contributed by atoms with Gasteiger partial charge < -0.3 is 15.7 Å². The molecule has 1 unspecified atom stereocenters. The third kappa shape index (κ3) is 2.39. The van der Waals surface area contributed by atoms with Crippen molar-refractivity contribution in [2.45, 2.75) is 31.8 Å². The van der Waals surface area contributed by atoms with Gasteiger partial charge in [0.15, 0.2) is 5.60 Å². The maximum atomic E-state index is 11.4. The van der Waals surface area contributed by atoms with Gasteiger partial charge in [0.05, 0.1) is 12.1 Å². The molecule has 0 spiro atoms. The van der Waals surface area contributed by atoms with Crippen LogP contribution in [0.25, 0.3) is 10.9 Å². The predicted octanol–water partition coefficient (Wildman–Crippen LogP) is 1.18. The Balaban J connectivity index is 2.04. The number of nitrogens with two attached hydrogens (primary N) is 1. The zero-order valence-electron chi connectivity index (χ0n) is 12.8. The first kappa shape index (κ1) is 14.7. The van der Waals surface area contributed by atoms with Crippen molar-refractivity contribution in [2.75, 3.05) is 18.0 Å². The molecule has 2 heterocycles. The molecule has 0 aliphatic carbocycles. The lowest BCUT2D eigenvalue weighted by atomic mass is 10.0. The first-order valence-electron chi connectivity index (χ1n) is 7.42. The van der Waals surface area contributed by atoms with Crippen molar-refractivity contribution in [3.8, 4) is 0 Å². The number of carbonyl (C=O) groups is 1. The molecule has 0 radical (unpaired) electrons. The van der Waals surface area contributed by atoms with E-state index in [2.05, 4.69) is 35.9 Å². The van der Waals surface area contributed by atoms with Crippen molar-refractivity contribution in [1.82, 2.24) is 9.97 Å². The number of amides is 1. The smallest absolute Gasteiger partial charge is 0.251 e. The molecule has 6 nitrogen and oxygen atoms in total. The van der Waals surface area contributed by atoms with E-state index in [4.69, 9.17) is 5.73 Å². The van der Waals surface area contributed by atoms with E-state index < -0.39 is 11.5 Å². The zero-order valence-corrected chi connectivity index (χ0v) is 12.8. The highest BCUT2D eigenvalue weighted by atomic mass is 16.3. The number of rotatable bonds is 3. The molecule has 6 heteroatoms. The first-order valence-corrected chi connectivity index (χ1v) is 7.42. The van der Waals surface area contributed by atoms with E-state index in [0.717, 1.165) is 16.7 Å². The highest BCUT2D eigenvalue weighted by Gasteiger charge is 2.42. The molecule has 3 rings (SSSR count). The molecule has 1 aliphatic rings. The molecule has 0 bridgehead atoms. The molecular weight excluding hydrogens is 280 g/mol.